The molecular weight excluding hydrogens is 488 g/mol. The fourth-order valence-electron chi connectivity index (χ4n) is 7.05. The average Bonchev–Trinajstić information content (AvgIpc) is 3.49. The number of para-hydroxylation sites is 2. The number of anilines is 1. The maximum Gasteiger partial charge on any atom is 0.266 e. The van der Waals surface area contributed by atoms with Gasteiger partial charge in [-0.3, -0.25) is 24.3 Å². The zero-order chi connectivity index (χ0) is 27.2. The average molecular weight is 519 g/mol. The van der Waals surface area contributed by atoms with Crippen LogP contribution >= 0.6 is 0 Å². The molecule has 2 saturated heterocycles. The first-order valence-corrected chi connectivity index (χ1v) is 13.6. The van der Waals surface area contributed by atoms with E-state index in [0.717, 1.165) is 16.7 Å². The van der Waals surface area contributed by atoms with Crippen LogP contribution in [0.15, 0.2) is 71.5 Å². The van der Waals surface area contributed by atoms with Crippen LogP contribution in [-0.4, -0.2) is 27.4 Å². The van der Waals surface area contributed by atoms with Crippen LogP contribution in [0.2, 0.25) is 0 Å². The number of hydrogen-bond acceptors (Lipinski definition) is 5. The van der Waals surface area contributed by atoms with E-state index in [1.54, 1.807) is 10.6 Å². The van der Waals surface area contributed by atoms with E-state index in [9.17, 15) is 14.4 Å². The topological polar surface area (TPSA) is 84.3 Å². The van der Waals surface area contributed by atoms with E-state index in [0.29, 0.717) is 40.4 Å². The van der Waals surface area contributed by atoms with Gasteiger partial charge in [-0.1, -0.05) is 50.2 Å². The van der Waals surface area contributed by atoms with Gasteiger partial charge in [-0.15, -0.1) is 0 Å². The summed E-state index contributed by atoms with van der Waals surface area (Å²) in [5.41, 5.74) is 3.53. The van der Waals surface area contributed by atoms with Crippen LogP contribution in [-0.2, 0) is 15.1 Å². The Hall–Kier alpha value is -4.10. The van der Waals surface area contributed by atoms with Crippen LogP contribution in [0, 0.1) is 31.6 Å². The predicted octanol–water partition coefficient (Wildman–Crippen LogP) is 4.38. The third kappa shape index (κ3) is 3.08. The standard InChI is InChI=1S/C32H30N4O3/c1-17(2)15-24-26-27(30(39)35(29(26)38)20-14-13-18(3)19(4)16-20)32(34-24)22-10-6-8-12-25(22)36-28(37)21-9-5-7-11-23(21)33-31(32)36/h5-14,16-17,24,26-27,34H,15H2,1-4H3/t24-,26+,27-,32+/m1/s1. The summed E-state index contributed by atoms with van der Waals surface area (Å²) in [4.78, 5) is 49.0. The monoisotopic (exact) mass is 518 g/mol. The second-order valence-electron chi connectivity index (χ2n) is 11.6. The molecule has 3 aliphatic heterocycles. The highest BCUT2D eigenvalue weighted by atomic mass is 16.2. The predicted molar refractivity (Wildman–Crippen MR) is 150 cm³/mol. The third-order valence-electron chi connectivity index (χ3n) is 8.84. The normalized spacial score (nSPS) is 25.2. The highest BCUT2D eigenvalue weighted by Crippen LogP contribution is 2.56. The summed E-state index contributed by atoms with van der Waals surface area (Å²) in [5.74, 6) is -0.986. The quantitative estimate of drug-likeness (QED) is 0.407. The summed E-state index contributed by atoms with van der Waals surface area (Å²) in [6.07, 6.45) is 0.711. The molecule has 39 heavy (non-hydrogen) atoms. The lowest BCUT2D eigenvalue weighted by Gasteiger charge is -2.32. The minimum atomic E-state index is -1.11. The van der Waals surface area contributed by atoms with E-state index in [-0.39, 0.29) is 23.4 Å². The molecule has 7 heteroatoms. The molecule has 4 aromatic rings. The van der Waals surface area contributed by atoms with Gasteiger partial charge in [0.25, 0.3) is 5.56 Å². The Morgan fingerprint density at radius 1 is 0.923 bits per heavy atom. The minimum Gasteiger partial charge on any atom is -0.297 e. The van der Waals surface area contributed by atoms with Crippen LogP contribution in [0.25, 0.3) is 16.6 Å². The number of benzene rings is 3. The maximum atomic E-state index is 14.5. The summed E-state index contributed by atoms with van der Waals surface area (Å²) in [6.45, 7) is 8.24. The number of nitrogens with one attached hydrogen (secondary N) is 1. The third-order valence-corrected chi connectivity index (χ3v) is 8.84. The van der Waals surface area contributed by atoms with Crippen LogP contribution < -0.4 is 15.8 Å². The van der Waals surface area contributed by atoms with Crippen LogP contribution in [0.4, 0.5) is 5.69 Å². The first-order valence-electron chi connectivity index (χ1n) is 13.6. The fraction of sp³-hybridized carbons (Fsp3) is 0.312. The SMILES string of the molecule is Cc1ccc(N2C(=O)[C@H]3[C@@H](CC(C)C)N[C@@]4(c5ccccc5-n5c4nc4ccccc4c5=O)[C@H]3C2=O)cc1C. The van der Waals surface area contributed by atoms with Gasteiger partial charge in [0, 0.05) is 11.6 Å². The highest BCUT2D eigenvalue weighted by Gasteiger charge is 2.69. The van der Waals surface area contributed by atoms with Crippen LogP contribution in [0.5, 0.6) is 0 Å². The molecule has 0 saturated carbocycles. The van der Waals surface area contributed by atoms with Gasteiger partial charge in [0.1, 0.15) is 11.4 Å². The summed E-state index contributed by atoms with van der Waals surface area (Å²) < 4.78 is 1.65. The van der Waals surface area contributed by atoms with E-state index < -0.39 is 17.4 Å². The van der Waals surface area contributed by atoms with Crippen molar-refractivity contribution in [1.82, 2.24) is 14.9 Å². The number of aromatic nitrogens is 2. The Kier molecular flexibility index (Phi) is 5.04. The molecular formula is C32H30N4O3. The molecule has 4 heterocycles. The lowest BCUT2D eigenvalue weighted by molar-refractivity contribution is -0.123. The van der Waals surface area contributed by atoms with E-state index >= 15 is 0 Å². The Bertz CT molecular complexity index is 1770. The number of carbonyl (C=O) groups excluding carboxylic acids is 2. The van der Waals surface area contributed by atoms with Crippen molar-refractivity contribution < 1.29 is 9.59 Å². The molecule has 4 atom stereocenters. The van der Waals surface area contributed by atoms with Crippen molar-refractivity contribution in [3.63, 3.8) is 0 Å². The molecule has 0 unspecified atom stereocenters. The van der Waals surface area contributed by atoms with E-state index in [1.807, 2.05) is 74.5 Å². The van der Waals surface area contributed by atoms with Gasteiger partial charge in [0.15, 0.2) is 0 Å². The van der Waals surface area contributed by atoms with Crippen molar-refractivity contribution in [2.75, 3.05) is 4.90 Å². The Morgan fingerprint density at radius 3 is 2.44 bits per heavy atom. The summed E-state index contributed by atoms with van der Waals surface area (Å²) in [5, 5.41) is 4.29. The van der Waals surface area contributed by atoms with Gasteiger partial charge < -0.3 is 0 Å². The Balaban J connectivity index is 1.51. The smallest absolute Gasteiger partial charge is 0.266 e. The van der Waals surface area contributed by atoms with Crippen molar-refractivity contribution in [2.45, 2.75) is 45.7 Å². The Labute approximate surface area is 226 Å². The van der Waals surface area contributed by atoms with Gasteiger partial charge >= 0.3 is 0 Å². The highest BCUT2D eigenvalue weighted by molar-refractivity contribution is 6.23. The molecule has 2 fully saturated rings. The molecule has 7 rings (SSSR count). The lowest BCUT2D eigenvalue weighted by atomic mass is 9.75. The molecule has 2 amide bonds. The lowest BCUT2D eigenvalue weighted by Crippen LogP contribution is -2.50. The second-order valence-corrected chi connectivity index (χ2v) is 11.6. The minimum absolute atomic E-state index is 0.173. The Morgan fingerprint density at radius 2 is 1.67 bits per heavy atom. The summed E-state index contributed by atoms with van der Waals surface area (Å²) in [6, 6.07) is 20.4. The number of fused-ring (bicyclic) bond motifs is 8. The largest absolute Gasteiger partial charge is 0.297 e. The zero-order valence-corrected chi connectivity index (χ0v) is 22.4. The first kappa shape index (κ1) is 24.0. The van der Waals surface area contributed by atoms with Crippen molar-refractivity contribution >= 4 is 28.4 Å². The van der Waals surface area contributed by atoms with E-state index in [4.69, 9.17) is 4.98 Å². The van der Waals surface area contributed by atoms with Gasteiger partial charge in [-0.25, -0.2) is 9.88 Å². The molecule has 196 valence electrons. The number of amides is 2. The molecule has 3 aliphatic rings. The number of aryl methyl sites for hydroxylation is 2. The van der Waals surface area contributed by atoms with E-state index in [1.165, 1.54) is 4.90 Å². The number of hydrogen-bond donors (Lipinski definition) is 1. The molecule has 0 bridgehead atoms. The van der Waals surface area contributed by atoms with Crippen molar-refractivity contribution in [3.8, 4) is 5.69 Å². The molecule has 1 aromatic heterocycles. The maximum absolute atomic E-state index is 14.5. The summed E-state index contributed by atoms with van der Waals surface area (Å²) >= 11 is 0. The number of carbonyl (C=O) groups is 2. The first-order chi connectivity index (χ1) is 18.7. The van der Waals surface area contributed by atoms with Crippen molar-refractivity contribution in [3.05, 3.63) is 99.6 Å². The van der Waals surface area contributed by atoms with Crippen LogP contribution in [0.3, 0.4) is 0 Å². The summed E-state index contributed by atoms with van der Waals surface area (Å²) in [7, 11) is 0. The molecule has 7 nitrogen and oxygen atoms in total. The molecule has 0 aliphatic carbocycles. The van der Waals surface area contributed by atoms with Gasteiger partial charge in [-0.2, -0.15) is 0 Å². The van der Waals surface area contributed by atoms with Gasteiger partial charge in [0.05, 0.1) is 34.1 Å². The van der Waals surface area contributed by atoms with Crippen molar-refractivity contribution in [1.29, 1.82) is 0 Å². The van der Waals surface area contributed by atoms with Gasteiger partial charge in [0.2, 0.25) is 11.8 Å². The van der Waals surface area contributed by atoms with E-state index in [2.05, 4.69) is 19.2 Å². The molecule has 0 radical (unpaired) electrons. The van der Waals surface area contributed by atoms with Crippen LogP contribution in [0.1, 0.15) is 42.8 Å². The molecule has 1 N–H and O–H groups in total. The number of nitrogens with zero attached hydrogens (tertiary/aromatic N) is 3. The molecule has 1 spiro atoms. The fourth-order valence-corrected chi connectivity index (χ4v) is 7.05. The zero-order valence-electron chi connectivity index (χ0n) is 22.4. The second kappa shape index (κ2) is 8.20. The number of imide groups is 1. The van der Waals surface area contributed by atoms with Gasteiger partial charge in [-0.05, 0) is 67.6 Å². The van der Waals surface area contributed by atoms with Crippen molar-refractivity contribution in [2.24, 2.45) is 17.8 Å². The number of rotatable bonds is 3. The molecule has 3 aromatic carbocycles.